The van der Waals surface area contributed by atoms with E-state index in [2.05, 4.69) is 10.6 Å². The van der Waals surface area contributed by atoms with Gasteiger partial charge < -0.3 is 15.2 Å². The number of hydrogen-bond donors (Lipinski definition) is 3. The average Bonchev–Trinajstić information content (AvgIpc) is 2.61. The zero-order valence-corrected chi connectivity index (χ0v) is 15.0. The Morgan fingerprint density at radius 1 is 1.26 bits per heavy atom. The number of amides is 1. The highest BCUT2D eigenvalue weighted by atomic mass is 35.5. The predicted octanol–water partition coefficient (Wildman–Crippen LogP) is 2.84. The number of carboxylic acid groups (broad SMARTS) is 1. The number of hydrogen-bond acceptors (Lipinski definition) is 6. The summed E-state index contributed by atoms with van der Waals surface area (Å²) >= 11 is 10.9. The Morgan fingerprint density at radius 2 is 1.96 bits per heavy atom. The molecule has 3 N–H and O–H groups in total. The molecule has 9 nitrogen and oxygen atoms in total. The maximum Gasteiger partial charge on any atom is 0.335 e. The van der Waals surface area contributed by atoms with Crippen LogP contribution in [0.3, 0.4) is 0 Å². The van der Waals surface area contributed by atoms with Crippen LogP contribution in [0.4, 0.5) is 11.4 Å². The molecule has 0 aliphatic heterocycles. The molecule has 0 spiro atoms. The molecule has 140 valence electrons. The minimum atomic E-state index is -1.15. The smallest absolute Gasteiger partial charge is 0.335 e. The summed E-state index contributed by atoms with van der Waals surface area (Å²) in [6.45, 7) is -0.518. The van der Waals surface area contributed by atoms with Gasteiger partial charge in [0.2, 0.25) is 0 Å². The molecule has 2 rings (SSSR count). The van der Waals surface area contributed by atoms with Crippen molar-refractivity contribution in [3.63, 3.8) is 0 Å². The third kappa shape index (κ3) is 5.62. The molecule has 11 heteroatoms. The van der Waals surface area contributed by atoms with Crippen LogP contribution in [0.1, 0.15) is 10.4 Å². The lowest BCUT2D eigenvalue weighted by Gasteiger charge is -2.12. The van der Waals surface area contributed by atoms with Gasteiger partial charge in [0.25, 0.3) is 5.91 Å². The lowest BCUT2D eigenvalue weighted by atomic mass is 10.2. The number of rotatable bonds is 6. The van der Waals surface area contributed by atoms with Crippen molar-refractivity contribution in [1.82, 2.24) is 5.32 Å². The van der Waals surface area contributed by atoms with Gasteiger partial charge in [0, 0.05) is 6.07 Å². The lowest BCUT2D eigenvalue weighted by molar-refractivity contribution is -0.385. The predicted molar refractivity (Wildman–Crippen MR) is 101 cm³/mol. The van der Waals surface area contributed by atoms with Crippen LogP contribution in [-0.2, 0) is 4.79 Å². The fourth-order valence-electron chi connectivity index (χ4n) is 1.94. The van der Waals surface area contributed by atoms with E-state index in [1.807, 2.05) is 0 Å². The lowest BCUT2D eigenvalue weighted by Crippen LogP contribution is -2.37. The van der Waals surface area contributed by atoms with Crippen molar-refractivity contribution >= 4 is 52.2 Å². The van der Waals surface area contributed by atoms with Crippen LogP contribution in [0.2, 0.25) is 5.02 Å². The number of para-hydroxylation sites is 2. The Hall–Kier alpha value is -3.24. The second kappa shape index (κ2) is 8.92. The zero-order valence-electron chi connectivity index (χ0n) is 13.5. The Morgan fingerprint density at radius 3 is 2.63 bits per heavy atom. The highest BCUT2D eigenvalue weighted by Gasteiger charge is 2.16. The molecule has 27 heavy (non-hydrogen) atoms. The van der Waals surface area contributed by atoms with Crippen molar-refractivity contribution in [1.29, 1.82) is 0 Å². The monoisotopic (exact) mass is 409 g/mol. The third-order valence-electron chi connectivity index (χ3n) is 3.14. The zero-order chi connectivity index (χ0) is 20.0. The number of nitro benzene ring substituents is 1. The number of anilines is 1. The maximum atomic E-state index is 11.9. The van der Waals surface area contributed by atoms with Crippen LogP contribution >= 0.6 is 23.8 Å². The van der Waals surface area contributed by atoms with Gasteiger partial charge in [-0.1, -0.05) is 23.7 Å². The minimum absolute atomic E-state index is 0.0178. The molecule has 0 aromatic heterocycles. The van der Waals surface area contributed by atoms with Crippen molar-refractivity contribution in [3.8, 4) is 5.75 Å². The quantitative estimate of drug-likeness (QED) is 0.377. The summed E-state index contributed by atoms with van der Waals surface area (Å²) in [4.78, 5) is 33.1. The summed E-state index contributed by atoms with van der Waals surface area (Å²) in [5, 5.41) is 24.8. The number of carboxylic acids is 1. The molecule has 0 aliphatic rings. The van der Waals surface area contributed by atoms with Gasteiger partial charge in [-0.3, -0.25) is 20.2 Å². The Kier molecular flexibility index (Phi) is 6.63. The van der Waals surface area contributed by atoms with Gasteiger partial charge >= 0.3 is 11.7 Å². The highest BCUT2D eigenvalue weighted by Crippen LogP contribution is 2.25. The number of carbonyl (C=O) groups excluding carboxylic acids is 1. The molecule has 0 heterocycles. The van der Waals surface area contributed by atoms with Crippen molar-refractivity contribution in [2.45, 2.75) is 0 Å². The molecule has 0 saturated carbocycles. The summed E-state index contributed by atoms with van der Waals surface area (Å²) in [5.41, 5.74) is -0.0968. The van der Waals surface area contributed by atoms with Gasteiger partial charge in [-0.05, 0) is 36.5 Å². The largest absolute Gasteiger partial charge is 0.478 e. The molecule has 0 aliphatic carbocycles. The van der Waals surface area contributed by atoms with Gasteiger partial charge in [-0.25, -0.2) is 4.79 Å². The molecule has 2 aromatic carbocycles. The van der Waals surface area contributed by atoms with Crippen molar-refractivity contribution in [2.75, 3.05) is 11.9 Å². The number of thiocarbonyl (C=S) groups is 1. The first-order valence-electron chi connectivity index (χ1n) is 7.28. The molecule has 0 fully saturated rings. The standard InChI is InChI=1S/C16H12ClN3O6S/c17-10-6-5-9(15(22)23)7-11(10)18-16(27)19-14(21)8-26-13-4-2-1-3-12(13)20(24)25/h1-7H,8H2,(H,22,23)(H2,18,19,21,27). The number of nitro groups is 1. The number of nitrogens with zero attached hydrogens (tertiary/aromatic N) is 1. The van der Waals surface area contributed by atoms with E-state index in [0.29, 0.717) is 0 Å². The summed E-state index contributed by atoms with van der Waals surface area (Å²) in [5.74, 6) is -1.88. The van der Waals surface area contributed by atoms with Gasteiger partial charge in [-0.2, -0.15) is 0 Å². The van der Waals surface area contributed by atoms with E-state index in [1.165, 1.54) is 42.5 Å². The summed E-state index contributed by atoms with van der Waals surface area (Å²) in [6.07, 6.45) is 0. The number of carbonyl (C=O) groups is 2. The molecule has 0 atom stereocenters. The Bertz CT molecular complexity index is 921. The van der Waals surface area contributed by atoms with E-state index in [0.717, 1.165) is 0 Å². The normalized spacial score (nSPS) is 9.96. The highest BCUT2D eigenvalue weighted by molar-refractivity contribution is 7.80. The van der Waals surface area contributed by atoms with Crippen LogP contribution in [0, 0.1) is 10.1 Å². The first kappa shape index (κ1) is 20.1. The number of benzene rings is 2. The van der Waals surface area contributed by atoms with Crippen LogP contribution in [0.5, 0.6) is 5.75 Å². The molecule has 0 saturated heterocycles. The van der Waals surface area contributed by atoms with E-state index in [-0.39, 0.29) is 32.8 Å². The fraction of sp³-hybridized carbons (Fsp3) is 0.0625. The molecule has 0 unspecified atom stereocenters. The molecular formula is C16H12ClN3O6S. The number of halogens is 1. The first-order valence-corrected chi connectivity index (χ1v) is 8.06. The van der Waals surface area contributed by atoms with E-state index in [9.17, 15) is 19.7 Å². The first-order chi connectivity index (χ1) is 12.8. The van der Waals surface area contributed by atoms with E-state index in [4.69, 9.17) is 33.7 Å². The molecular weight excluding hydrogens is 398 g/mol. The van der Waals surface area contributed by atoms with Gasteiger partial charge in [0.15, 0.2) is 17.5 Å². The molecule has 0 bridgehead atoms. The number of ether oxygens (including phenoxy) is 1. The van der Waals surface area contributed by atoms with Crippen LogP contribution in [0.15, 0.2) is 42.5 Å². The Balaban J connectivity index is 1.95. The fourth-order valence-corrected chi connectivity index (χ4v) is 2.33. The topological polar surface area (TPSA) is 131 Å². The summed E-state index contributed by atoms with van der Waals surface area (Å²) in [7, 11) is 0. The van der Waals surface area contributed by atoms with Gasteiger partial charge in [0.1, 0.15) is 0 Å². The number of aromatic carboxylic acids is 1. The average molecular weight is 410 g/mol. The van der Waals surface area contributed by atoms with Crippen molar-refractivity contribution < 1.29 is 24.4 Å². The van der Waals surface area contributed by atoms with Crippen molar-refractivity contribution in [3.05, 3.63) is 63.2 Å². The van der Waals surface area contributed by atoms with E-state index in [1.54, 1.807) is 0 Å². The van der Waals surface area contributed by atoms with Gasteiger partial charge in [-0.15, -0.1) is 0 Å². The Labute approximate surface area is 163 Å². The SMILES string of the molecule is O=C(COc1ccccc1[N+](=O)[O-])NC(=S)Nc1cc(C(=O)O)ccc1Cl. The van der Waals surface area contributed by atoms with Crippen LogP contribution in [-0.4, -0.2) is 33.6 Å². The van der Waals surface area contributed by atoms with E-state index >= 15 is 0 Å². The van der Waals surface area contributed by atoms with E-state index < -0.39 is 23.4 Å². The summed E-state index contributed by atoms with van der Waals surface area (Å²) < 4.78 is 5.14. The third-order valence-corrected chi connectivity index (χ3v) is 3.67. The summed E-state index contributed by atoms with van der Waals surface area (Å²) in [6, 6.07) is 9.55. The second-order valence-corrected chi connectivity index (χ2v) is 5.83. The second-order valence-electron chi connectivity index (χ2n) is 5.02. The minimum Gasteiger partial charge on any atom is -0.478 e. The van der Waals surface area contributed by atoms with Crippen LogP contribution < -0.4 is 15.4 Å². The number of nitrogens with one attached hydrogen (secondary N) is 2. The van der Waals surface area contributed by atoms with Crippen molar-refractivity contribution in [2.24, 2.45) is 0 Å². The molecule has 1 amide bonds. The maximum absolute atomic E-state index is 11.9. The molecule has 0 radical (unpaired) electrons. The molecule has 2 aromatic rings. The van der Waals surface area contributed by atoms with Gasteiger partial charge in [0.05, 0.1) is 21.2 Å². The van der Waals surface area contributed by atoms with Crippen LogP contribution in [0.25, 0.3) is 0 Å².